The van der Waals surface area contributed by atoms with Gasteiger partial charge in [-0.2, -0.15) is 0 Å². The second-order valence-electron chi connectivity index (χ2n) is 11.7. The van der Waals surface area contributed by atoms with E-state index in [9.17, 15) is 43.2 Å². The van der Waals surface area contributed by atoms with Gasteiger partial charge in [0.1, 0.15) is 5.82 Å². The summed E-state index contributed by atoms with van der Waals surface area (Å²) in [7, 11) is 0. The first-order valence-corrected chi connectivity index (χ1v) is 14.9. The Labute approximate surface area is 268 Å². The van der Waals surface area contributed by atoms with Crippen molar-refractivity contribution in [2.24, 2.45) is 17.8 Å². The van der Waals surface area contributed by atoms with Gasteiger partial charge in [-0.3, -0.25) is 29.3 Å². The zero-order chi connectivity index (χ0) is 32.9. The van der Waals surface area contributed by atoms with Gasteiger partial charge in [0.05, 0.1) is 28.1 Å². The average molecular weight is 668 g/mol. The number of fused-ring (bicyclic) bond motifs is 4. The van der Waals surface area contributed by atoms with Gasteiger partial charge in [0.15, 0.2) is 21.3 Å². The number of phenols is 1. The molecule has 2 saturated heterocycles. The van der Waals surface area contributed by atoms with E-state index in [1.54, 1.807) is 6.08 Å². The smallest absolute Gasteiger partial charge is 0.271 e. The molecule has 2 aliphatic carbocycles. The van der Waals surface area contributed by atoms with Crippen LogP contribution in [-0.2, 0) is 19.2 Å². The lowest BCUT2D eigenvalue weighted by Gasteiger charge is -2.50. The zero-order valence-corrected chi connectivity index (χ0v) is 24.9. The molecule has 4 aliphatic rings. The van der Waals surface area contributed by atoms with Crippen molar-refractivity contribution >= 4 is 63.9 Å². The Hall–Kier alpha value is -4.68. The summed E-state index contributed by atoms with van der Waals surface area (Å²) in [5.41, 5.74) is -0.251. The second-order valence-corrected chi connectivity index (χ2v) is 13.0. The summed E-state index contributed by atoms with van der Waals surface area (Å²) in [6, 6.07) is 13.1. The molecule has 2 aliphatic heterocycles. The maximum Gasteiger partial charge on any atom is 0.271 e. The van der Waals surface area contributed by atoms with E-state index >= 15 is 0 Å². The Morgan fingerprint density at radius 3 is 2.26 bits per heavy atom. The van der Waals surface area contributed by atoms with E-state index in [4.69, 9.17) is 23.2 Å². The van der Waals surface area contributed by atoms with Crippen LogP contribution >= 0.6 is 23.2 Å². The highest BCUT2D eigenvalue weighted by molar-refractivity contribution is 6.58. The quantitative estimate of drug-likeness (QED) is 0.130. The van der Waals surface area contributed by atoms with E-state index in [0.29, 0.717) is 5.57 Å². The van der Waals surface area contributed by atoms with E-state index < -0.39 is 85.8 Å². The van der Waals surface area contributed by atoms with Crippen LogP contribution in [0.15, 0.2) is 78.4 Å². The fraction of sp³-hybridized carbons (Fsp3) is 0.250. The van der Waals surface area contributed by atoms with Crippen LogP contribution in [-0.4, -0.2) is 43.4 Å². The molecule has 3 fully saturated rings. The van der Waals surface area contributed by atoms with Gasteiger partial charge >= 0.3 is 0 Å². The molecule has 2 heterocycles. The summed E-state index contributed by atoms with van der Waals surface area (Å²) in [4.78, 5) is 64.0. The molecule has 0 spiro atoms. The molecular weight excluding hydrogens is 647 g/mol. The molecule has 1 saturated carbocycles. The molecule has 3 aromatic rings. The summed E-state index contributed by atoms with van der Waals surface area (Å²) in [6.45, 7) is 0. The Balaban J connectivity index is 1.40. The number of imide groups is 2. The number of carbonyl (C=O) groups excluding carboxylic acids is 4. The number of allylic oxidation sites excluding steroid dienone is 2. The summed E-state index contributed by atoms with van der Waals surface area (Å²) >= 11 is 14.4. The van der Waals surface area contributed by atoms with Crippen LogP contribution in [0.2, 0.25) is 0 Å². The lowest BCUT2D eigenvalue weighted by molar-refractivity contribution is -0.384. The fourth-order valence-corrected chi connectivity index (χ4v) is 8.44. The third kappa shape index (κ3) is 3.86. The first-order chi connectivity index (χ1) is 21.8. The first kappa shape index (κ1) is 30.0. The maximum absolute atomic E-state index is 14.8. The highest BCUT2D eigenvalue weighted by Gasteiger charge is 2.77. The fourth-order valence-electron chi connectivity index (χ4n) is 7.51. The lowest BCUT2D eigenvalue weighted by atomic mass is 9.56. The molecule has 14 heteroatoms. The largest absolute Gasteiger partial charge is 0.505 e. The predicted molar refractivity (Wildman–Crippen MR) is 160 cm³/mol. The maximum atomic E-state index is 14.8. The van der Waals surface area contributed by atoms with Crippen molar-refractivity contribution in [1.29, 1.82) is 0 Å². The van der Waals surface area contributed by atoms with Crippen molar-refractivity contribution < 1.29 is 38.0 Å². The number of nitro groups is 1. The number of phenolic OH excluding ortho intramolecular Hbond substituents is 1. The number of nitrogens with zero attached hydrogens (tertiary/aromatic N) is 3. The normalized spacial score (nSPS) is 30.2. The van der Waals surface area contributed by atoms with Crippen LogP contribution in [0.3, 0.4) is 0 Å². The zero-order valence-electron chi connectivity index (χ0n) is 23.4. The molecular formula is C32H21Cl2F2N3O7. The number of anilines is 2. The third-order valence-corrected chi connectivity index (χ3v) is 10.9. The Kier molecular flexibility index (Phi) is 6.63. The van der Waals surface area contributed by atoms with Gasteiger partial charge in [-0.15, -0.1) is 23.2 Å². The predicted octanol–water partition coefficient (Wildman–Crippen LogP) is 5.35. The van der Waals surface area contributed by atoms with Crippen molar-refractivity contribution in [3.8, 4) is 5.75 Å². The summed E-state index contributed by atoms with van der Waals surface area (Å²) in [5, 5.41) is 22.3. The monoisotopic (exact) mass is 667 g/mol. The Morgan fingerprint density at radius 2 is 1.57 bits per heavy atom. The van der Waals surface area contributed by atoms with E-state index in [0.717, 1.165) is 34.1 Å². The Morgan fingerprint density at radius 1 is 0.870 bits per heavy atom. The summed E-state index contributed by atoms with van der Waals surface area (Å²) < 4.78 is 28.6. The SMILES string of the molecule is O=C1[C@H]2[C@H](CC=C3[C@H]2C[C@@]2(Cl)C(=O)N(c4ccc(F)cc4)C(=O)[C@@]2(Cl)[C@H]3c2cccc(F)c2O)C(=O)N1c1cccc([N+](=O)[O-])c1. The molecule has 10 nitrogen and oxygen atoms in total. The number of rotatable bonds is 4. The molecule has 46 heavy (non-hydrogen) atoms. The number of non-ortho nitro benzene ring substituents is 1. The lowest BCUT2D eigenvalue weighted by Crippen LogP contribution is -2.60. The van der Waals surface area contributed by atoms with Crippen LogP contribution < -0.4 is 9.80 Å². The summed E-state index contributed by atoms with van der Waals surface area (Å²) in [6.07, 6.45) is 1.18. The van der Waals surface area contributed by atoms with Gasteiger partial charge in [-0.05, 0) is 55.2 Å². The number of nitro benzene ring substituents is 1. The molecule has 3 aromatic carbocycles. The minimum absolute atomic E-state index is 0.0165. The van der Waals surface area contributed by atoms with Crippen LogP contribution in [0.1, 0.15) is 24.3 Å². The number of halogens is 4. The minimum atomic E-state index is -2.36. The standard InChI is InChI=1S/C32H21Cl2F2N3O7/c33-31-14-22-19(11-12-20-24(22)28(42)37(27(20)41)17-3-1-4-18(13-17)39(45)46)25(21-5-2-6-23(36)26(21)40)32(31,34)30(44)38(29(31)43)16-9-7-15(35)8-10-16/h1-11,13,20,22,24-25,40H,12,14H2/t20-,22+,24-,25+,31+,32-/m0/s1. The second kappa shape index (κ2) is 10.2. The number of alkyl halides is 2. The van der Waals surface area contributed by atoms with Crippen molar-refractivity contribution in [1.82, 2.24) is 0 Å². The average Bonchev–Trinajstić information content (AvgIpc) is 3.37. The van der Waals surface area contributed by atoms with Gasteiger partial charge in [0, 0.05) is 23.6 Å². The molecule has 4 amide bonds. The summed E-state index contributed by atoms with van der Waals surface area (Å²) in [5.74, 6) is -10.3. The number of aromatic hydroxyl groups is 1. The number of carbonyl (C=O) groups is 4. The van der Waals surface area contributed by atoms with Gasteiger partial charge in [-0.25, -0.2) is 18.6 Å². The molecule has 0 radical (unpaired) electrons. The van der Waals surface area contributed by atoms with Crippen LogP contribution in [0.4, 0.5) is 25.8 Å². The highest BCUT2D eigenvalue weighted by Crippen LogP contribution is 2.66. The topological polar surface area (TPSA) is 138 Å². The molecule has 0 unspecified atom stereocenters. The van der Waals surface area contributed by atoms with Gasteiger partial charge in [0.25, 0.3) is 17.5 Å². The van der Waals surface area contributed by atoms with Gasteiger partial charge in [-0.1, -0.05) is 29.8 Å². The van der Waals surface area contributed by atoms with Crippen LogP contribution in [0.25, 0.3) is 0 Å². The van der Waals surface area contributed by atoms with E-state index in [1.807, 2.05) is 0 Å². The van der Waals surface area contributed by atoms with Gasteiger partial charge < -0.3 is 5.11 Å². The van der Waals surface area contributed by atoms with E-state index in [1.165, 1.54) is 42.5 Å². The van der Waals surface area contributed by atoms with Crippen molar-refractivity contribution in [2.45, 2.75) is 28.5 Å². The minimum Gasteiger partial charge on any atom is -0.505 e. The molecule has 234 valence electrons. The van der Waals surface area contributed by atoms with Crippen molar-refractivity contribution in [3.63, 3.8) is 0 Å². The van der Waals surface area contributed by atoms with Crippen LogP contribution in [0, 0.1) is 39.5 Å². The Bertz CT molecular complexity index is 1940. The van der Waals surface area contributed by atoms with Crippen LogP contribution in [0.5, 0.6) is 5.75 Å². The molecule has 0 bridgehead atoms. The number of hydrogen-bond donors (Lipinski definition) is 1. The highest BCUT2D eigenvalue weighted by atomic mass is 35.5. The van der Waals surface area contributed by atoms with Crippen molar-refractivity contribution in [2.75, 3.05) is 9.80 Å². The molecule has 7 rings (SSSR count). The first-order valence-electron chi connectivity index (χ1n) is 14.1. The number of hydrogen-bond acceptors (Lipinski definition) is 7. The number of amides is 4. The van der Waals surface area contributed by atoms with E-state index in [2.05, 4.69) is 0 Å². The molecule has 1 N–H and O–H groups in total. The number of benzene rings is 3. The van der Waals surface area contributed by atoms with Gasteiger partial charge in [0.2, 0.25) is 11.8 Å². The number of para-hydroxylation sites is 1. The third-order valence-electron chi connectivity index (χ3n) is 9.52. The van der Waals surface area contributed by atoms with E-state index in [-0.39, 0.29) is 29.0 Å². The molecule has 0 aromatic heterocycles. The molecule has 6 atom stereocenters. The van der Waals surface area contributed by atoms with Crippen molar-refractivity contribution in [3.05, 3.63) is 106 Å².